The van der Waals surface area contributed by atoms with Crippen molar-refractivity contribution < 1.29 is 4.79 Å². The Labute approximate surface area is 144 Å². The summed E-state index contributed by atoms with van der Waals surface area (Å²) in [6.07, 6.45) is 5.97. The molecule has 1 saturated heterocycles. The summed E-state index contributed by atoms with van der Waals surface area (Å²) in [4.78, 5) is 19.3. The number of aromatic nitrogens is 1. The minimum Gasteiger partial charge on any atom is -0.352 e. The fraction of sp³-hybridized carbons (Fsp3) is 0.500. The molecular weight excluding hydrogens is 298 g/mol. The molecule has 2 aromatic rings. The highest BCUT2D eigenvalue weighted by atomic mass is 16.1. The van der Waals surface area contributed by atoms with Crippen molar-refractivity contribution in [3.8, 4) is 0 Å². The average Bonchev–Trinajstić information content (AvgIpc) is 2.59. The molecule has 1 aromatic carbocycles. The molecule has 0 bridgehead atoms. The maximum absolute atomic E-state index is 12.6. The highest BCUT2D eigenvalue weighted by Gasteiger charge is 2.21. The molecule has 128 valence electrons. The van der Waals surface area contributed by atoms with E-state index in [0.717, 1.165) is 36.0 Å². The van der Waals surface area contributed by atoms with Crippen molar-refractivity contribution in [2.75, 3.05) is 26.2 Å². The van der Waals surface area contributed by atoms with Crippen molar-refractivity contribution in [3.63, 3.8) is 0 Å². The van der Waals surface area contributed by atoms with Gasteiger partial charge in [0.1, 0.15) is 0 Å². The minimum absolute atomic E-state index is 0.0211. The lowest BCUT2D eigenvalue weighted by atomic mass is 9.97. The van der Waals surface area contributed by atoms with Gasteiger partial charge in [-0.25, -0.2) is 0 Å². The number of nitrogens with one attached hydrogen (secondary N) is 1. The van der Waals surface area contributed by atoms with E-state index < -0.39 is 0 Å². The van der Waals surface area contributed by atoms with Gasteiger partial charge in [-0.3, -0.25) is 9.78 Å². The van der Waals surface area contributed by atoms with Gasteiger partial charge < -0.3 is 10.2 Å². The molecular formula is C20H27N3O. The normalized spacial score (nSPS) is 18.9. The number of hydrogen-bond acceptors (Lipinski definition) is 3. The van der Waals surface area contributed by atoms with Gasteiger partial charge in [0.15, 0.2) is 0 Å². The Morgan fingerprint density at radius 2 is 2.25 bits per heavy atom. The van der Waals surface area contributed by atoms with E-state index in [1.165, 1.54) is 19.4 Å². The predicted octanol–water partition coefficient (Wildman–Crippen LogP) is 3.33. The van der Waals surface area contributed by atoms with Crippen LogP contribution in [0.5, 0.6) is 0 Å². The van der Waals surface area contributed by atoms with Gasteiger partial charge in [-0.15, -0.1) is 0 Å². The van der Waals surface area contributed by atoms with Crippen molar-refractivity contribution >= 4 is 16.7 Å². The van der Waals surface area contributed by atoms with Crippen LogP contribution in [0.1, 0.15) is 37.0 Å². The van der Waals surface area contributed by atoms with Crippen molar-refractivity contribution in [1.82, 2.24) is 15.2 Å². The number of hydrogen-bond donors (Lipinski definition) is 1. The van der Waals surface area contributed by atoms with Crippen LogP contribution in [0.4, 0.5) is 0 Å². The Bertz CT molecular complexity index is 693. The van der Waals surface area contributed by atoms with Crippen LogP contribution in [0.15, 0.2) is 36.7 Å². The van der Waals surface area contributed by atoms with Crippen LogP contribution < -0.4 is 5.32 Å². The summed E-state index contributed by atoms with van der Waals surface area (Å²) in [5.74, 6) is 1.27. The smallest absolute Gasteiger partial charge is 0.251 e. The number of amides is 1. The lowest BCUT2D eigenvalue weighted by molar-refractivity contribution is 0.0931. The molecule has 2 heterocycles. The fourth-order valence-corrected chi connectivity index (χ4v) is 3.65. The van der Waals surface area contributed by atoms with E-state index in [2.05, 4.69) is 29.0 Å². The standard InChI is InChI=1S/C20H27N3O/c1-15(2)13-23-10-4-5-16(14-23)11-22-20(24)19-7-3-6-17-12-21-9-8-18(17)19/h3,6-9,12,15-16H,4-5,10-11,13-14H2,1-2H3,(H,22,24). The number of rotatable bonds is 5. The average molecular weight is 325 g/mol. The molecule has 1 unspecified atom stereocenters. The molecule has 1 aromatic heterocycles. The fourth-order valence-electron chi connectivity index (χ4n) is 3.65. The third kappa shape index (κ3) is 4.12. The van der Waals surface area contributed by atoms with E-state index in [9.17, 15) is 4.79 Å². The van der Waals surface area contributed by atoms with Crippen LogP contribution in [0.2, 0.25) is 0 Å². The van der Waals surface area contributed by atoms with Gasteiger partial charge in [-0.05, 0) is 48.7 Å². The minimum atomic E-state index is 0.0211. The van der Waals surface area contributed by atoms with Gasteiger partial charge in [0.25, 0.3) is 5.91 Å². The zero-order chi connectivity index (χ0) is 16.9. The molecule has 4 heteroatoms. The van der Waals surface area contributed by atoms with E-state index in [1.807, 2.05) is 24.3 Å². The Balaban J connectivity index is 1.61. The molecule has 1 fully saturated rings. The number of carbonyl (C=O) groups is 1. The molecule has 1 aliphatic heterocycles. The number of carbonyl (C=O) groups excluding carboxylic acids is 1. The van der Waals surface area contributed by atoms with Crippen molar-refractivity contribution in [2.45, 2.75) is 26.7 Å². The second-order valence-corrected chi connectivity index (χ2v) is 7.27. The molecule has 1 atom stereocenters. The summed E-state index contributed by atoms with van der Waals surface area (Å²) in [7, 11) is 0. The maximum atomic E-state index is 12.6. The molecule has 0 aliphatic carbocycles. The Morgan fingerprint density at radius 1 is 1.38 bits per heavy atom. The highest BCUT2D eigenvalue weighted by Crippen LogP contribution is 2.19. The first-order valence-corrected chi connectivity index (χ1v) is 8.97. The maximum Gasteiger partial charge on any atom is 0.251 e. The molecule has 1 aliphatic rings. The third-order valence-corrected chi connectivity index (χ3v) is 4.70. The van der Waals surface area contributed by atoms with Crippen LogP contribution in [-0.4, -0.2) is 42.0 Å². The molecule has 3 rings (SSSR count). The number of piperidine rings is 1. The lowest BCUT2D eigenvalue weighted by Gasteiger charge is -2.33. The van der Waals surface area contributed by atoms with Crippen molar-refractivity contribution in [1.29, 1.82) is 0 Å². The van der Waals surface area contributed by atoms with E-state index in [1.54, 1.807) is 12.4 Å². The summed E-state index contributed by atoms with van der Waals surface area (Å²) in [6, 6.07) is 7.72. The Kier molecular flexibility index (Phi) is 5.46. The molecule has 0 saturated carbocycles. The molecule has 0 radical (unpaired) electrons. The number of fused-ring (bicyclic) bond motifs is 1. The summed E-state index contributed by atoms with van der Waals surface area (Å²) in [5.41, 5.74) is 0.741. The van der Waals surface area contributed by atoms with Gasteiger partial charge >= 0.3 is 0 Å². The van der Waals surface area contributed by atoms with Crippen LogP contribution >= 0.6 is 0 Å². The highest BCUT2D eigenvalue weighted by molar-refractivity contribution is 6.06. The quantitative estimate of drug-likeness (QED) is 0.917. The SMILES string of the molecule is CC(C)CN1CCCC(CNC(=O)c2cccc3cnccc23)C1. The topological polar surface area (TPSA) is 45.2 Å². The molecule has 1 amide bonds. The number of benzene rings is 1. The van der Waals surface area contributed by atoms with Crippen molar-refractivity contribution in [3.05, 3.63) is 42.2 Å². The number of nitrogens with zero attached hydrogens (tertiary/aromatic N) is 2. The van der Waals surface area contributed by atoms with Crippen LogP contribution in [0.25, 0.3) is 10.8 Å². The van der Waals surface area contributed by atoms with Crippen LogP contribution in [0.3, 0.4) is 0 Å². The van der Waals surface area contributed by atoms with Crippen LogP contribution in [0, 0.1) is 11.8 Å². The summed E-state index contributed by atoms with van der Waals surface area (Å²) < 4.78 is 0. The second kappa shape index (κ2) is 7.75. The largest absolute Gasteiger partial charge is 0.352 e. The molecule has 24 heavy (non-hydrogen) atoms. The monoisotopic (exact) mass is 325 g/mol. The summed E-state index contributed by atoms with van der Waals surface area (Å²) in [6.45, 7) is 8.73. The predicted molar refractivity (Wildman–Crippen MR) is 98.1 cm³/mol. The molecule has 1 N–H and O–H groups in total. The number of pyridine rings is 1. The first kappa shape index (κ1) is 16.9. The van der Waals surface area contributed by atoms with E-state index in [-0.39, 0.29) is 5.91 Å². The summed E-state index contributed by atoms with van der Waals surface area (Å²) >= 11 is 0. The van der Waals surface area contributed by atoms with E-state index >= 15 is 0 Å². The van der Waals surface area contributed by atoms with E-state index in [0.29, 0.717) is 11.8 Å². The second-order valence-electron chi connectivity index (χ2n) is 7.27. The first-order chi connectivity index (χ1) is 11.6. The van der Waals surface area contributed by atoms with E-state index in [4.69, 9.17) is 0 Å². The Hall–Kier alpha value is -1.94. The zero-order valence-corrected chi connectivity index (χ0v) is 14.7. The molecule has 0 spiro atoms. The number of likely N-dealkylation sites (tertiary alicyclic amines) is 1. The lowest BCUT2D eigenvalue weighted by Crippen LogP contribution is -2.42. The van der Waals surface area contributed by atoms with Gasteiger partial charge in [0.2, 0.25) is 0 Å². The Morgan fingerprint density at radius 3 is 3.08 bits per heavy atom. The molecule has 4 nitrogen and oxygen atoms in total. The van der Waals surface area contributed by atoms with Gasteiger partial charge in [-0.1, -0.05) is 26.0 Å². The third-order valence-electron chi connectivity index (χ3n) is 4.70. The van der Waals surface area contributed by atoms with Crippen LogP contribution in [-0.2, 0) is 0 Å². The first-order valence-electron chi connectivity index (χ1n) is 8.97. The van der Waals surface area contributed by atoms with Gasteiger partial charge in [0.05, 0.1) is 0 Å². The van der Waals surface area contributed by atoms with Gasteiger partial charge in [0, 0.05) is 43.0 Å². The summed E-state index contributed by atoms with van der Waals surface area (Å²) in [5, 5.41) is 5.12. The zero-order valence-electron chi connectivity index (χ0n) is 14.7. The van der Waals surface area contributed by atoms with Crippen molar-refractivity contribution in [2.24, 2.45) is 11.8 Å². The van der Waals surface area contributed by atoms with Gasteiger partial charge in [-0.2, -0.15) is 0 Å².